The summed E-state index contributed by atoms with van der Waals surface area (Å²) < 4.78 is 28.2. The summed E-state index contributed by atoms with van der Waals surface area (Å²) in [4.78, 5) is 3.98. The van der Waals surface area contributed by atoms with Crippen molar-refractivity contribution in [1.29, 1.82) is 0 Å². The molecule has 1 aromatic heterocycles. The molecule has 1 N–H and O–H groups in total. The third-order valence-corrected chi connectivity index (χ3v) is 5.30. The van der Waals surface area contributed by atoms with Crippen molar-refractivity contribution < 1.29 is 13.9 Å². The van der Waals surface area contributed by atoms with Crippen LogP contribution in [-0.2, 0) is 13.0 Å². The van der Waals surface area contributed by atoms with Crippen molar-refractivity contribution in [2.24, 2.45) is 5.41 Å². The predicted molar refractivity (Wildman–Crippen MR) is 100 cm³/mol. The van der Waals surface area contributed by atoms with Gasteiger partial charge in [-0.1, -0.05) is 39.7 Å². The summed E-state index contributed by atoms with van der Waals surface area (Å²) in [5.74, 6) is -1.05. The summed E-state index contributed by atoms with van der Waals surface area (Å²) in [7, 11) is 0. The lowest BCUT2D eigenvalue weighted by molar-refractivity contribution is -0.0830. The Kier molecular flexibility index (Phi) is 6.80. The van der Waals surface area contributed by atoms with Gasteiger partial charge in [-0.15, -0.1) is 12.6 Å². The maximum atomic E-state index is 13.7. The van der Waals surface area contributed by atoms with E-state index in [1.807, 2.05) is 20.8 Å². The molecule has 1 aromatic carbocycles. The van der Waals surface area contributed by atoms with Crippen LogP contribution < -0.4 is 0 Å². The third-order valence-electron chi connectivity index (χ3n) is 4.95. The molecule has 0 radical (unpaired) electrons. The molecule has 0 aliphatic heterocycles. The molecule has 144 valence electrons. The van der Waals surface area contributed by atoms with Crippen LogP contribution in [0.2, 0.25) is 0 Å². The first-order chi connectivity index (χ1) is 12.1. The number of aromatic nitrogens is 3. The Hall–Kier alpha value is -1.47. The lowest BCUT2D eigenvalue weighted by Gasteiger charge is -2.40. The SMILES string of the molecule is CC(C)(C)C(O)(CCCCCc1ccc(F)cc1F)Cn1ncnc1S. The number of halogens is 2. The van der Waals surface area contributed by atoms with E-state index in [1.54, 1.807) is 4.68 Å². The van der Waals surface area contributed by atoms with Crippen LogP contribution in [0.25, 0.3) is 0 Å². The minimum Gasteiger partial charge on any atom is -0.387 e. The molecule has 2 rings (SSSR count). The van der Waals surface area contributed by atoms with Crippen LogP contribution in [-0.4, -0.2) is 25.5 Å². The third kappa shape index (κ3) is 5.27. The highest BCUT2D eigenvalue weighted by atomic mass is 32.1. The zero-order valence-electron chi connectivity index (χ0n) is 15.5. The van der Waals surface area contributed by atoms with Gasteiger partial charge in [0.05, 0.1) is 12.1 Å². The molecule has 26 heavy (non-hydrogen) atoms. The summed E-state index contributed by atoms with van der Waals surface area (Å²) in [5, 5.41) is 15.8. The van der Waals surface area contributed by atoms with Gasteiger partial charge in [-0.3, -0.25) is 0 Å². The molecule has 0 saturated heterocycles. The molecule has 0 aliphatic carbocycles. The summed E-state index contributed by atoms with van der Waals surface area (Å²) >= 11 is 4.25. The monoisotopic (exact) mass is 383 g/mol. The van der Waals surface area contributed by atoms with Crippen LogP contribution in [0.5, 0.6) is 0 Å². The largest absolute Gasteiger partial charge is 0.387 e. The van der Waals surface area contributed by atoms with Crippen LogP contribution in [0, 0.1) is 17.0 Å². The van der Waals surface area contributed by atoms with Crippen molar-refractivity contribution in [2.75, 3.05) is 0 Å². The van der Waals surface area contributed by atoms with Crippen molar-refractivity contribution in [3.05, 3.63) is 41.7 Å². The molecule has 0 aliphatic rings. The average molecular weight is 384 g/mol. The van der Waals surface area contributed by atoms with E-state index in [-0.39, 0.29) is 5.41 Å². The molecule has 1 atom stereocenters. The second-order valence-electron chi connectivity index (χ2n) is 7.80. The number of thiol groups is 1. The van der Waals surface area contributed by atoms with Crippen molar-refractivity contribution in [2.45, 2.75) is 70.2 Å². The van der Waals surface area contributed by atoms with Crippen LogP contribution in [0.3, 0.4) is 0 Å². The molecule has 0 saturated carbocycles. The van der Waals surface area contributed by atoms with Gasteiger partial charge in [-0.2, -0.15) is 5.10 Å². The van der Waals surface area contributed by atoms with Crippen LogP contribution in [0.1, 0.15) is 52.0 Å². The number of hydrogen-bond donors (Lipinski definition) is 2. The number of unbranched alkanes of at least 4 members (excludes halogenated alkanes) is 2. The van der Waals surface area contributed by atoms with Gasteiger partial charge in [-0.05, 0) is 36.3 Å². The number of nitrogens with zero attached hydrogens (tertiary/aromatic N) is 3. The molecule has 0 bridgehead atoms. The first-order valence-electron chi connectivity index (χ1n) is 8.85. The number of rotatable bonds is 8. The van der Waals surface area contributed by atoms with E-state index in [9.17, 15) is 13.9 Å². The van der Waals surface area contributed by atoms with Gasteiger partial charge in [0.25, 0.3) is 0 Å². The maximum Gasteiger partial charge on any atom is 0.183 e. The highest BCUT2D eigenvalue weighted by Crippen LogP contribution is 2.36. The zero-order chi connectivity index (χ0) is 19.4. The highest BCUT2D eigenvalue weighted by Gasteiger charge is 2.40. The van der Waals surface area contributed by atoms with Gasteiger partial charge in [0.15, 0.2) is 5.16 Å². The fourth-order valence-electron chi connectivity index (χ4n) is 2.94. The molecule has 7 heteroatoms. The summed E-state index contributed by atoms with van der Waals surface area (Å²) in [6.45, 7) is 6.31. The van der Waals surface area contributed by atoms with Crippen LogP contribution in [0.15, 0.2) is 29.7 Å². The number of aliphatic hydroxyl groups is 1. The smallest absolute Gasteiger partial charge is 0.183 e. The molecule has 1 heterocycles. The second-order valence-corrected chi connectivity index (χ2v) is 8.20. The Morgan fingerprint density at radius 3 is 2.46 bits per heavy atom. The minimum absolute atomic E-state index is 0.321. The van der Waals surface area contributed by atoms with E-state index in [2.05, 4.69) is 22.7 Å². The van der Waals surface area contributed by atoms with Crippen molar-refractivity contribution >= 4 is 12.6 Å². The number of hydrogen-bond acceptors (Lipinski definition) is 4. The first-order valence-corrected chi connectivity index (χ1v) is 9.30. The topological polar surface area (TPSA) is 50.9 Å². The molecule has 4 nitrogen and oxygen atoms in total. The quantitative estimate of drug-likeness (QED) is 0.524. The van der Waals surface area contributed by atoms with Crippen molar-refractivity contribution in [1.82, 2.24) is 14.8 Å². The first kappa shape index (κ1) is 20.8. The van der Waals surface area contributed by atoms with Gasteiger partial charge in [0.1, 0.15) is 18.0 Å². The van der Waals surface area contributed by atoms with Gasteiger partial charge in [0.2, 0.25) is 0 Å². The lowest BCUT2D eigenvalue weighted by Crippen LogP contribution is -2.46. The fourth-order valence-corrected chi connectivity index (χ4v) is 3.12. The van der Waals surface area contributed by atoms with E-state index < -0.39 is 17.2 Å². The van der Waals surface area contributed by atoms with E-state index in [4.69, 9.17) is 0 Å². The number of benzene rings is 1. The highest BCUT2D eigenvalue weighted by molar-refractivity contribution is 7.80. The Balaban J connectivity index is 1.88. The molecule has 0 fully saturated rings. The molecular formula is C19H27F2N3OS. The predicted octanol–water partition coefficient (Wildman–Crippen LogP) is 4.43. The van der Waals surface area contributed by atoms with Crippen LogP contribution in [0.4, 0.5) is 8.78 Å². The standard InChI is InChI=1S/C19H27F2N3OS/c1-18(2,3)19(25,12-24-17(26)22-13-23-24)10-6-4-5-7-14-8-9-15(20)11-16(14)21/h8-9,11,13,25H,4-7,10,12H2,1-3H3,(H,22,23,26). The Morgan fingerprint density at radius 1 is 1.15 bits per heavy atom. The van der Waals surface area contributed by atoms with Gasteiger partial charge < -0.3 is 5.11 Å². The fraction of sp³-hybridized carbons (Fsp3) is 0.579. The van der Waals surface area contributed by atoms with Gasteiger partial charge in [-0.25, -0.2) is 18.4 Å². The summed E-state index contributed by atoms with van der Waals surface area (Å²) in [5.41, 5.74) is -0.776. The Morgan fingerprint density at radius 2 is 1.88 bits per heavy atom. The molecule has 0 amide bonds. The molecule has 0 spiro atoms. The molecule has 1 unspecified atom stereocenters. The van der Waals surface area contributed by atoms with Gasteiger partial charge in [0, 0.05) is 6.07 Å². The zero-order valence-corrected chi connectivity index (χ0v) is 16.4. The number of aryl methyl sites for hydroxylation is 1. The second kappa shape index (κ2) is 8.48. The molecular weight excluding hydrogens is 356 g/mol. The average Bonchev–Trinajstić information content (AvgIpc) is 2.92. The van der Waals surface area contributed by atoms with E-state index in [1.165, 1.54) is 18.5 Å². The lowest BCUT2D eigenvalue weighted by atomic mass is 9.73. The Labute approximate surface area is 159 Å². The minimum atomic E-state index is -0.959. The maximum absolute atomic E-state index is 13.7. The molecule has 2 aromatic rings. The normalized spacial score (nSPS) is 14.4. The van der Waals surface area contributed by atoms with Crippen LogP contribution >= 0.6 is 12.6 Å². The van der Waals surface area contributed by atoms with E-state index in [0.29, 0.717) is 30.1 Å². The van der Waals surface area contributed by atoms with E-state index in [0.717, 1.165) is 25.3 Å². The Bertz CT molecular complexity index is 730. The van der Waals surface area contributed by atoms with Crippen molar-refractivity contribution in [3.8, 4) is 0 Å². The van der Waals surface area contributed by atoms with Crippen molar-refractivity contribution in [3.63, 3.8) is 0 Å². The van der Waals surface area contributed by atoms with Gasteiger partial charge >= 0.3 is 0 Å². The summed E-state index contributed by atoms with van der Waals surface area (Å²) in [6.07, 6.45) is 5.00. The van der Waals surface area contributed by atoms with E-state index >= 15 is 0 Å². The summed E-state index contributed by atoms with van der Waals surface area (Å²) in [6, 6.07) is 3.69.